The standard InChI is InChI=1S/C25H29ClF4N4O4S.C2HF3O2/c1-33-23(26)19(22(31-33)25(28,29)30)12-34-8-6-14(7-9-34)13-38-21-11-20(27)18(10-17(21)15-2-3-15)24(35)32-39(36,37)16-4-5-16;3-2(4,5)1(6)7/h10-11,14-16H,2-9,12-13H2,1H3,(H,32,35);(H,6,7). The zero-order valence-corrected chi connectivity index (χ0v) is 25.8. The summed E-state index contributed by atoms with van der Waals surface area (Å²) in [5.41, 5.74) is -0.667. The number of aromatic nitrogens is 2. The molecule has 3 fully saturated rings. The predicted molar refractivity (Wildman–Crippen MR) is 148 cm³/mol. The SMILES string of the molecule is Cn1nc(C(F)(F)F)c(CN2CCC(COc3cc(F)c(C(=O)NS(=O)(=O)C4CC4)cc3C3CC3)CC2)c1Cl.O=C(O)C(F)(F)F. The zero-order chi connectivity index (χ0) is 34.2. The number of carbonyl (C=O) groups is 2. The third kappa shape index (κ3) is 9.02. The maximum atomic E-state index is 14.9. The van der Waals surface area contributed by atoms with Gasteiger partial charge in [0.25, 0.3) is 5.91 Å². The molecular weight excluding hydrogens is 677 g/mol. The van der Waals surface area contributed by atoms with Crippen molar-refractivity contribution in [3.05, 3.63) is 45.5 Å². The number of likely N-dealkylation sites (tertiary alicyclic amines) is 1. The van der Waals surface area contributed by atoms with Crippen LogP contribution >= 0.6 is 11.6 Å². The number of nitrogens with zero attached hydrogens (tertiary/aromatic N) is 3. The molecule has 1 amide bonds. The van der Waals surface area contributed by atoms with Gasteiger partial charge in [-0.1, -0.05) is 11.6 Å². The van der Waals surface area contributed by atoms with Crippen molar-refractivity contribution >= 4 is 33.5 Å². The highest BCUT2D eigenvalue weighted by Crippen LogP contribution is 2.45. The first-order valence-corrected chi connectivity index (χ1v) is 16.0. The number of aryl methyl sites for hydroxylation is 1. The molecule has 2 heterocycles. The number of hydrogen-bond acceptors (Lipinski definition) is 7. The van der Waals surface area contributed by atoms with E-state index in [-0.39, 0.29) is 41.3 Å². The Labute approximate surface area is 263 Å². The van der Waals surface area contributed by atoms with Gasteiger partial charge in [-0.15, -0.1) is 0 Å². The van der Waals surface area contributed by atoms with Gasteiger partial charge < -0.3 is 9.84 Å². The summed E-state index contributed by atoms with van der Waals surface area (Å²) in [6.07, 6.45) is -5.66. The van der Waals surface area contributed by atoms with Crippen molar-refractivity contribution in [2.45, 2.75) is 68.6 Å². The molecule has 0 radical (unpaired) electrons. The van der Waals surface area contributed by atoms with E-state index in [2.05, 4.69) is 5.10 Å². The van der Waals surface area contributed by atoms with E-state index in [1.807, 2.05) is 9.62 Å². The topological polar surface area (TPSA) is 131 Å². The van der Waals surface area contributed by atoms with Gasteiger partial charge in [0.05, 0.1) is 17.4 Å². The Morgan fingerprint density at radius 2 is 1.65 bits per heavy atom. The number of aliphatic carboxylic acids is 1. The molecule has 19 heteroatoms. The van der Waals surface area contributed by atoms with Crippen LogP contribution in [0.15, 0.2) is 12.1 Å². The molecule has 0 unspecified atom stereocenters. The lowest BCUT2D eigenvalue weighted by atomic mass is 9.97. The summed E-state index contributed by atoms with van der Waals surface area (Å²) in [5, 5.41) is 10.0. The third-order valence-corrected chi connectivity index (χ3v) is 9.99. The highest BCUT2D eigenvalue weighted by atomic mass is 35.5. The lowest BCUT2D eigenvalue weighted by Gasteiger charge is -2.32. The highest BCUT2D eigenvalue weighted by Gasteiger charge is 2.40. The van der Waals surface area contributed by atoms with Crippen molar-refractivity contribution in [3.63, 3.8) is 0 Å². The number of carboxylic acids is 1. The van der Waals surface area contributed by atoms with Gasteiger partial charge >= 0.3 is 18.3 Å². The Morgan fingerprint density at radius 1 is 1.07 bits per heavy atom. The number of piperidine rings is 1. The average molecular weight is 707 g/mol. The maximum Gasteiger partial charge on any atom is 0.490 e. The van der Waals surface area contributed by atoms with Gasteiger partial charge in [0, 0.05) is 25.2 Å². The largest absolute Gasteiger partial charge is 0.493 e. The Kier molecular flexibility index (Phi) is 10.5. The van der Waals surface area contributed by atoms with Crippen LogP contribution < -0.4 is 9.46 Å². The van der Waals surface area contributed by atoms with Gasteiger partial charge in [-0.3, -0.25) is 14.4 Å². The van der Waals surface area contributed by atoms with Crippen molar-refractivity contribution in [1.82, 2.24) is 19.4 Å². The van der Waals surface area contributed by atoms with E-state index in [0.29, 0.717) is 50.1 Å². The predicted octanol–water partition coefficient (Wildman–Crippen LogP) is 5.26. The number of rotatable bonds is 9. The van der Waals surface area contributed by atoms with Gasteiger partial charge in [0.2, 0.25) is 10.0 Å². The molecule has 2 aromatic rings. The first kappa shape index (κ1) is 35.7. The molecule has 2 N–H and O–H groups in total. The van der Waals surface area contributed by atoms with Crippen LogP contribution in [0.3, 0.4) is 0 Å². The summed E-state index contributed by atoms with van der Waals surface area (Å²) in [7, 11) is -2.43. The minimum atomic E-state index is -5.08. The van der Waals surface area contributed by atoms with Crippen molar-refractivity contribution in [3.8, 4) is 5.75 Å². The smallest absolute Gasteiger partial charge is 0.490 e. The highest BCUT2D eigenvalue weighted by molar-refractivity contribution is 7.91. The molecule has 5 rings (SSSR count). The average Bonchev–Trinajstić information content (AvgIpc) is 3.86. The van der Waals surface area contributed by atoms with E-state index in [4.69, 9.17) is 26.2 Å². The normalized spacial score (nSPS) is 18.1. The van der Waals surface area contributed by atoms with Crippen LogP contribution in [0.1, 0.15) is 71.6 Å². The van der Waals surface area contributed by atoms with Crippen LogP contribution in [-0.2, 0) is 34.6 Å². The van der Waals surface area contributed by atoms with E-state index < -0.39 is 51.0 Å². The summed E-state index contributed by atoms with van der Waals surface area (Å²) < 4.78 is 120. The van der Waals surface area contributed by atoms with Gasteiger partial charge in [-0.05, 0) is 75.1 Å². The van der Waals surface area contributed by atoms with Crippen LogP contribution in [0.25, 0.3) is 0 Å². The molecule has 3 aliphatic rings. The van der Waals surface area contributed by atoms with Crippen LogP contribution in [0.4, 0.5) is 30.7 Å². The lowest BCUT2D eigenvalue weighted by molar-refractivity contribution is -0.192. The molecule has 1 aliphatic heterocycles. The number of sulfonamides is 1. The van der Waals surface area contributed by atoms with Crippen molar-refractivity contribution in [2.24, 2.45) is 13.0 Å². The molecular formula is C27H30ClF7N4O6S. The van der Waals surface area contributed by atoms with E-state index in [0.717, 1.165) is 23.6 Å². The number of nitrogens with one attached hydrogen (secondary N) is 1. The van der Waals surface area contributed by atoms with Crippen LogP contribution in [0.2, 0.25) is 5.15 Å². The number of alkyl halides is 6. The lowest BCUT2D eigenvalue weighted by Crippen LogP contribution is -2.35. The minimum Gasteiger partial charge on any atom is -0.493 e. The molecule has 256 valence electrons. The molecule has 0 atom stereocenters. The molecule has 1 aromatic heterocycles. The first-order valence-electron chi connectivity index (χ1n) is 14.1. The van der Waals surface area contributed by atoms with Gasteiger partial charge in [0.15, 0.2) is 5.69 Å². The fraction of sp³-hybridized carbons (Fsp3) is 0.593. The molecule has 0 bridgehead atoms. The minimum absolute atomic E-state index is 0.0339. The first-order chi connectivity index (χ1) is 21.3. The monoisotopic (exact) mass is 706 g/mol. The van der Waals surface area contributed by atoms with Crippen LogP contribution in [-0.4, -0.2) is 71.2 Å². The Bertz CT molecular complexity index is 1570. The number of carboxylic acid groups (broad SMARTS) is 1. The fourth-order valence-electron chi connectivity index (χ4n) is 4.89. The molecule has 2 saturated carbocycles. The maximum absolute atomic E-state index is 14.9. The second kappa shape index (κ2) is 13.5. The number of amides is 1. The summed E-state index contributed by atoms with van der Waals surface area (Å²) in [6.45, 7) is 1.39. The molecule has 10 nitrogen and oxygen atoms in total. The summed E-state index contributed by atoms with van der Waals surface area (Å²) >= 11 is 6.09. The van der Waals surface area contributed by atoms with Gasteiger partial charge in [0.1, 0.15) is 16.7 Å². The Hall–Kier alpha value is -3.12. The van der Waals surface area contributed by atoms with E-state index >= 15 is 0 Å². The number of hydrogen-bond donors (Lipinski definition) is 2. The second-order valence-electron chi connectivity index (χ2n) is 11.4. The fourth-order valence-corrected chi connectivity index (χ4v) is 6.37. The summed E-state index contributed by atoms with van der Waals surface area (Å²) in [6, 6.07) is 2.53. The van der Waals surface area contributed by atoms with Gasteiger partial charge in [-0.25, -0.2) is 22.3 Å². The number of ether oxygens (including phenoxy) is 1. The number of benzene rings is 1. The third-order valence-electron chi connectivity index (χ3n) is 7.70. The summed E-state index contributed by atoms with van der Waals surface area (Å²) in [5.74, 6) is -4.05. The zero-order valence-electron chi connectivity index (χ0n) is 24.2. The van der Waals surface area contributed by atoms with E-state index in [1.54, 1.807) is 0 Å². The van der Waals surface area contributed by atoms with Crippen molar-refractivity contribution in [2.75, 3.05) is 19.7 Å². The van der Waals surface area contributed by atoms with Crippen molar-refractivity contribution in [1.29, 1.82) is 0 Å². The summed E-state index contributed by atoms with van der Waals surface area (Å²) in [4.78, 5) is 23.3. The van der Waals surface area contributed by atoms with E-state index in [9.17, 15) is 43.9 Å². The second-order valence-corrected chi connectivity index (χ2v) is 13.7. The van der Waals surface area contributed by atoms with Crippen LogP contribution in [0, 0.1) is 11.7 Å². The molecule has 2 aliphatic carbocycles. The Balaban J connectivity index is 0.000000617. The van der Waals surface area contributed by atoms with Gasteiger partial charge in [-0.2, -0.15) is 31.4 Å². The molecule has 1 saturated heterocycles. The molecule has 1 aromatic carbocycles. The Morgan fingerprint density at radius 3 is 2.15 bits per heavy atom. The number of carbonyl (C=O) groups excluding carboxylic acids is 1. The van der Waals surface area contributed by atoms with Crippen molar-refractivity contribution < 1.29 is 58.6 Å². The molecule has 0 spiro atoms. The van der Waals surface area contributed by atoms with E-state index in [1.165, 1.54) is 13.1 Å². The molecule has 46 heavy (non-hydrogen) atoms. The quantitative estimate of drug-likeness (QED) is 0.338. The number of halogens is 8. The van der Waals surface area contributed by atoms with Crippen LogP contribution in [0.5, 0.6) is 5.75 Å².